The number of halogens is 1. The Morgan fingerprint density at radius 3 is 2.44 bits per heavy atom. The number of hydrogen-bond donors (Lipinski definition) is 1. The van der Waals surface area contributed by atoms with Crippen LogP contribution in [0.2, 0.25) is 0 Å². The lowest BCUT2D eigenvalue weighted by Gasteiger charge is -2.09. The first-order valence-corrected chi connectivity index (χ1v) is 3.56. The van der Waals surface area contributed by atoms with Crippen LogP contribution in [0.5, 0.6) is 0 Å². The lowest BCUT2D eigenvalue weighted by Crippen LogP contribution is -2.19. The Kier molecular flexibility index (Phi) is 1.83. The normalized spacial score (nSPS) is 31.9. The molecule has 1 aliphatic rings. The molecule has 0 bridgehead atoms. The minimum Gasteiger partial charge on any atom is -0.391 e. The van der Waals surface area contributed by atoms with Gasteiger partial charge in [0.25, 0.3) is 0 Å². The van der Waals surface area contributed by atoms with Crippen molar-refractivity contribution in [1.82, 2.24) is 0 Å². The zero-order valence-corrected chi connectivity index (χ0v) is 6.23. The van der Waals surface area contributed by atoms with E-state index in [-0.39, 0.29) is 17.4 Å². The Hall–Kier alpha value is -0.0100. The van der Waals surface area contributed by atoms with Crippen LogP contribution in [-0.4, -0.2) is 16.6 Å². The molecule has 0 aliphatic heterocycles. The molecule has 3 atom stereocenters. The van der Waals surface area contributed by atoms with E-state index in [1.54, 1.807) is 6.92 Å². The van der Waals surface area contributed by atoms with E-state index in [4.69, 9.17) is 11.6 Å². The summed E-state index contributed by atoms with van der Waals surface area (Å²) >= 11 is 5.64. The van der Waals surface area contributed by atoms with Gasteiger partial charge in [0.1, 0.15) is 0 Å². The van der Waals surface area contributed by atoms with Crippen molar-refractivity contribution in [3.8, 4) is 0 Å². The summed E-state index contributed by atoms with van der Waals surface area (Å²) < 4.78 is 0. The van der Waals surface area contributed by atoms with Crippen LogP contribution >= 0.6 is 11.6 Å². The molecule has 0 saturated heterocycles. The fourth-order valence-electron chi connectivity index (χ4n) is 0.906. The topological polar surface area (TPSA) is 20.2 Å². The molecular weight excluding hydrogens is 136 g/mol. The van der Waals surface area contributed by atoms with Gasteiger partial charge in [-0.3, -0.25) is 0 Å². The summed E-state index contributed by atoms with van der Waals surface area (Å²) in [5.74, 6) is 0.289. The highest BCUT2D eigenvalue weighted by Crippen LogP contribution is 2.40. The first kappa shape index (κ1) is 7.10. The maximum atomic E-state index is 9.24. The van der Waals surface area contributed by atoms with Crippen LogP contribution in [0.25, 0.3) is 0 Å². The lowest BCUT2D eigenvalue weighted by molar-refractivity contribution is 0.155. The molecule has 2 heteroatoms. The molecule has 1 N–H and O–H groups in total. The standard InChI is InChI=1S/C7H11ClO/c1-4-3-6(4)7(9)5(2)8/h5-7,9H,1,3H2,2H3. The van der Waals surface area contributed by atoms with Crippen molar-refractivity contribution in [2.45, 2.75) is 24.8 Å². The van der Waals surface area contributed by atoms with Gasteiger partial charge in [0.2, 0.25) is 0 Å². The Balaban J connectivity index is 2.35. The largest absolute Gasteiger partial charge is 0.391 e. The van der Waals surface area contributed by atoms with Crippen LogP contribution < -0.4 is 0 Å². The molecule has 1 saturated carbocycles. The Bertz CT molecular complexity index is 131. The monoisotopic (exact) mass is 146 g/mol. The highest BCUT2D eigenvalue weighted by molar-refractivity contribution is 6.20. The number of rotatable bonds is 2. The van der Waals surface area contributed by atoms with Crippen LogP contribution in [0.4, 0.5) is 0 Å². The van der Waals surface area contributed by atoms with Crippen molar-refractivity contribution in [1.29, 1.82) is 0 Å². The van der Waals surface area contributed by atoms with Crippen LogP contribution in [0.1, 0.15) is 13.3 Å². The third-order valence-electron chi connectivity index (χ3n) is 1.73. The predicted octanol–water partition coefficient (Wildman–Crippen LogP) is 1.55. The van der Waals surface area contributed by atoms with Gasteiger partial charge in [0.15, 0.2) is 0 Å². The molecule has 0 spiro atoms. The second-order valence-electron chi connectivity index (χ2n) is 2.64. The van der Waals surface area contributed by atoms with Crippen molar-refractivity contribution in [2.24, 2.45) is 5.92 Å². The van der Waals surface area contributed by atoms with E-state index in [9.17, 15) is 5.11 Å². The van der Waals surface area contributed by atoms with E-state index in [1.807, 2.05) is 0 Å². The fraction of sp³-hybridized carbons (Fsp3) is 0.714. The summed E-state index contributed by atoms with van der Waals surface area (Å²) in [5.41, 5.74) is 1.13. The van der Waals surface area contributed by atoms with Crippen molar-refractivity contribution in [2.75, 3.05) is 0 Å². The molecule has 52 valence electrons. The van der Waals surface area contributed by atoms with Crippen molar-refractivity contribution < 1.29 is 5.11 Å². The predicted molar refractivity (Wildman–Crippen MR) is 38.6 cm³/mol. The first-order chi connectivity index (χ1) is 4.13. The molecule has 9 heavy (non-hydrogen) atoms. The van der Waals surface area contributed by atoms with Crippen molar-refractivity contribution >= 4 is 11.6 Å². The molecule has 1 aliphatic carbocycles. The molecule has 0 radical (unpaired) electrons. The Morgan fingerprint density at radius 2 is 2.33 bits per heavy atom. The van der Waals surface area contributed by atoms with Gasteiger partial charge >= 0.3 is 0 Å². The van der Waals surface area contributed by atoms with Crippen molar-refractivity contribution in [3.63, 3.8) is 0 Å². The van der Waals surface area contributed by atoms with E-state index in [1.165, 1.54) is 0 Å². The highest BCUT2D eigenvalue weighted by atomic mass is 35.5. The third-order valence-corrected chi connectivity index (χ3v) is 1.99. The number of aliphatic hydroxyl groups is 1. The lowest BCUT2D eigenvalue weighted by atomic mass is 10.2. The average Bonchev–Trinajstić information content (AvgIpc) is 2.44. The van der Waals surface area contributed by atoms with Crippen molar-refractivity contribution in [3.05, 3.63) is 12.2 Å². The first-order valence-electron chi connectivity index (χ1n) is 3.12. The highest BCUT2D eigenvalue weighted by Gasteiger charge is 2.36. The molecule has 1 rings (SSSR count). The summed E-state index contributed by atoms with van der Waals surface area (Å²) in [4.78, 5) is 0. The second kappa shape index (κ2) is 2.31. The average molecular weight is 147 g/mol. The van der Waals surface area contributed by atoms with E-state index < -0.39 is 0 Å². The molecule has 1 fully saturated rings. The minimum absolute atomic E-state index is 0.144. The van der Waals surface area contributed by atoms with Crippen LogP contribution in [-0.2, 0) is 0 Å². The van der Waals surface area contributed by atoms with Gasteiger partial charge in [0.05, 0.1) is 11.5 Å². The molecular formula is C7H11ClO. The summed E-state index contributed by atoms with van der Waals surface area (Å²) in [6, 6.07) is 0. The smallest absolute Gasteiger partial charge is 0.0769 e. The summed E-state index contributed by atoms with van der Waals surface area (Å²) in [6.45, 7) is 5.54. The van der Waals surface area contributed by atoms with E-state index >= 15 is 0 Å². The van der Waals surface area contributed by atoms with Gasteiger partial charge in [-0.05, 0) is 13.3 Å². The summed E-state index contributed by atoms with van der Waals surface area (Å²) in [6.07, 6.45) is 0.581. The van der Waals surface area contributed by atoms with Gasteiger partial charge in [-0.25, -0.2) is 0 Å². The van der Waals surface area contributed by atoms with Gasteiger partial charge < -0.3 is 5.11 Å². The van der Waals surface area contributed by atoms with Gasteiger partial charge in [-0.15, -0.1) is 11.6 Å². The van der Waals surface area contributed by atoms with E-state index in [0.29, 0.717) is 0 Å². The molecule has 0 amide bonds. The fourth-order valence-corrected chi connectivity index (χ4v) is 1.08. The SMILES string of the molecule is C=C1CC1C(O)C(C)Cl. The zero-order chi connectivity index (χ0) is 7.02. The maximum absolute atomic E-state index is 9.24. The summed E-state index contributed by atoms with van der Waals surface area (Å²) in [5, 5.41) is 9.10. The summed E-state index contributed by atoms with van der Waals surface area (Å²) in [7, 11) is 0. The quantitative estimate of drug-likeness (QED) is 0.463. The number of alkyl halides is 1. The van der Waals surface area contributed by atoms with E-state index in [0.717, 1.165) is 12.0 Å². The molecule has 0 aromatic heterocycles. The van der Waals surface area contributed by atoms with Gasteiger partial charge in [-0.1, -0.05) is 12.2 Å². The molecule has 0 heterocycles. The molecule has 0 aromatic rings. The zero-order valence-electron chi connectivity index (χ0n) is 5.47. The number of aliphatic hydroxyl groups excluding tert-OH is 1. The Morgan fingerprint density at radius 1 is 1.89 bits per heavy atom. The van der Waals surface area contributed by atoms with Crippen LogP contribution in [0.15, 0.2) is 12.2 Å². The maximum Gasteiger partial charge on any atom is 0.0769 e. The molecule has 1 nitrogen and oxygen atoms in total. The molecule has 0 aromatic carbocycles. The molecule has 3 unspecified atom stereocenters. The van der Waals surface area contributed by atoms with Gasteiger partial charge in [-0.2, -0.15) is 0 Å². The number of hydrogen-bond acceptors (Lipinski definition) is 1. The third kappa shape index (κ3) is 1.46. The minimum atomic E-state index is -0.376. The van der Waals surface area contributed by atoms with Gasteiger partial charge in [0, 0.05) is 5.92 Å². The van der Waals surface area contributed by atoms with E-state index in [2.05, 4.69) is 6.58 Å². The van der Waals surface area contributed by atoms with Crippen LogP contribution in [0.3, 0.4) is 0 Å². The Labute approximate surface area is 60.3 Å². The second-order valence-corrected chi connectivity index (χ2v) is 3.33. The van der Waals surface area contributed by atoms with Crippen LogP contribution in [0, 0.1) is 5.92 Å².